The predicted molar refractivity (Wildman–Crippen MR) is 61.6 cm³/mol. The Morgan fingerprint density at radius 3 is 2.35 bits per heavy atom. The summed E-state index contributed by atoms with van der Waals surface area (Å²) in [6.07, 6.45) is 0. The van der Waals surface area contributed by atoms with Crippen molar-refractivity contribution in [3.8, 4) is 0 Å². The zero-order valence-corrected chi connectivity index (χ0v) is 10.1. The van der Waals surface area contributed by atoms with Crippen molar-refractivity contribution in [3.05, 3.63) is 23.0 Å². The van der Waals surface area contributed by atoms with Gasteiger partial charge in [0.25, 0.3) is 5.91 Å². The first-order valence-electron chi connectivity index (χ1n) is 5.42. The lowest BCUT2D eigenvalue weighted by Crippen LogP contribution is -2.36. The molecule has 0 aromatic carbocycles. The minimum atomic E-state index is -0.247. The molecule has 0 aliphatic heterocycles. The summed E-state index contributed by atoms with van der Waals surface area (Å²) in [4.78, 5) is 13.5. The van der Waals surface area contributed by atoms with Crippen LogP contribution in [0.4, 0.5) is 0 Å². The number of hydrogen-bond donors (Lipinski definition) is 2. The first kappa shape index (κ1) is 13.5. The van der Waals surface area contributed by atoms with E-state index in [0.29, 0.717) is 17.0 Å². The Bertz CT molecular complexity index is 390. The Labute approximate surface area is 99.9 Å². The summed E-state index contributed by atoms with van der Waals surface area (Å²) in [5, 5.41) is 25.5. The van der Waals surface area contributed by atoms with Gasteiger partial charge in [0.05, 0.1) is 30.2 Å². The Hall–Kier alpha value is -1.53. The molecule has 0 bridgehead atoms. The van der Waals surface area contributed by atoms with Crippen molar-refractivity contribution >= 4 is 5.91 Å². The van der Waals surface area contributed by atoms with Crippen molar-refractivity contribution in [1.29, 1.82) is 0 Å². The number of aryl methyl sites for hydroxylation is 2. The molecule has 1 amide bonds. The van der Waals surface area contributed by atoms with Gasteiger partial charge >= 0.3 is 0 Å². The van der Waals surface area contributed by atoms with Gasteiger partial charge in [-0.15, -0.1) is 0 Å². The lowest BCUT2D eigenvalue weighted by atomic mass is 10.1. The smallest absolute Gasteiger partial charge is 0.255 e. The molecule has 1 rings (SSSR count). The minimum absolute atomic E-state index is 0.137. The highest BCUT2D eigenvalue weighted by molar-refractivity contribution is 5.95. The summed E-state index contributed by atoms with van der Waals surface area (Å²) in [6, 6.07) is 1.66. The van der Waals surface area contributed by atoms with Crippen LogP contribution in [0.1, 0.15) is 21.7 Å². The third-order valence-electron chi connectivity index (χ3n) is 2.36. The second-order valence-corrected chi connectivity index (χ2v) is 3.72. The van der Waals surface area contributed by atoms with Gasteiger partial charge < -0.3 is 15.1 Å². The fourth-order valence-electron chi connectivity index (χ4n) is 1.49. The van der Waals surface area contributed by atoms with Crippen LogP contribution < -0.4 is 0 Å². The van der Waals surface area contributed by atoms with E-state index < -0.39 is 0 Å². The van der Waals surface area contributed by atoms with Crippen LogP contribution in [0, 0.1) is 13.8 Å². The van der Waals surface area contributed by atoms with E-state index in [1.807, 2.05) is 0 Å². The zero-order valence-electron chi connectivity index (χ0n) is 10.1. The van der Waals surface area contributed by atoms with Crippen molar-refractivity contribution in [1.82, 2.24) is 15.1 Å². The standard InChI is InChI=1S/C11H17N3O3/c1-8-7-10(9(2)13-12-8)11(17)14(3-5-15)4-6-16/h7,15-16H,3-6H2,1-2H3. The SMILES string of the molecule is Cc1cc(C(=O)N(CCO)CCO)c(C)nn1. The highest BCUT2D eigenvalue weighted by Crippen LogP contribution is 2.09. The van der Waals surface area contributed by atoms with E-state index in [1.165, 1.54) is 4.90 Å². The number of carbonyl (C=O) groups excluding carboxylic acids is 1. The van der Waals surface area contributed by atoms with Gasteiger partial charge in [0.15, 0.2) is 0 Å². The third kappa shape index (κ3) is 3.47. The molecule has 1 heterocycles. The molecule has 94 valence electrons. The van der Waals surface area contributed by atoms with E-state index >= 15 is 0 Å². The highest BCUT2D eigenvalue weighted by atomic mass is 16.3. The number of aliphatic hydroxyl groups is 2. The quantitative estimate of drug-likeness (QED) is 0.724. The van der Waals surface area contributed by atoms with Crippen LogP contribution in [-0.2, 0) is 0 Å². The van der Waals surface area contributed by atoms with E-state index in [1.54, 1.807) is 19.9 Å². The second-order valence-electron chi connectivity index (χ2n) is 3.72. The van der Waals surface area contributed by atoms with Crippen LogP contribution >= 0.6 is 0 Å². The first-order valence-corrected chi connectivity index (χ1v) is 5.42. The lowest BCUT2D eigenvalue weighted by molar-refractivity contribution is 0.0683. The number of hydrogen-bond acceptors (Lipinski definition) is 5. The van der Waals surface area contributed by atoms with Crippen molar-refractivity contribution in [2.75, 3.05) is 26.3 Å². The largest absolute Gasteiger partial charge is 0.395 e. The molecule has 0 unspecified atom stereocenters. The molecule has 2 N–H and O–H groups in total. The first-order chi connectivity index (χ1) is 8.10. The topological polar surface area (TPSA) is 86.6 Å². The molecule has 6 nitrogen and oxygen atoms in total. The normalized spacial score (nSPS) is 10.4. The molecule has 0 saturated carbocycles. The second kappa shape index (κ2) is 6.27. The van der Waals surface area contributed by atoms with Crippen LogP contribution in [0.3, 0.4) is 0 Å². The number of nitrogens with zero attached hydrogens (tertiary/aromatic N) is 3. The Balaban J connectivity index is 2.95. The molecule has 1 aromatic heterocycles. The summed E-state index contributed by atoms with van der Waals surface area (Å²) in [5.41, 5.74) is 1.66. The van der Waals surface area contributed by atoms with Gasteiger partial charge in [-0.1, -0.05) is 0 Å². The van der Waals surface area contributed by atoms with Crippen molar-refractivity contribution in [2.24, 2.45) is 0 Å². The van der Waals surface area contributed by atoms with Crippen LogP contribution in [0.2, 0.25) is 0 Å². The Morgan fingerprint density at radius 1 is 1.24 bits per heavy atom. The van der Waals surface area contributed by atoms with Gasteiger partial charge in [0.2, 0.25) is 0 Å². The summed E-state index contributed by atoms with van der Waals surface area (Å²) in [7, 11) is 0. The molecule has 6 heteroatoms. The molecule has 0 saturated heterocycles. The number of amides is 1. The summed E-state index contributed by atoms with van der Waals surface area (Å²) in [6.45, 7) is 3.58. The average Bonchev–Trinajstić information content (AvgIpc) is 2.31. The van der Waals surface area contributed by atoms with E-state index in [9.17, 15) is 4.79 Å². The molecule has 0 fully saturated rings. The summed E-state index contributed by atoms with van der Waals surface area (Å²) in [5.74, 6) is -0.247. The van der Waals surface area contributed by atoms with Crippen molar-refractivity contribution < 1.29 is 15.0 Å². The van der Waals surface area contributed by atoms with E-state index in [4.69, 9.17) is 10.2 Å². The van der Waals surface area contributed by atoms with Crippen LogP contribution in [-0.4, -0.2) is 57.5 Å². The van der Waals surface area contributed by atoms with Crippen molar-refractivity contribution in [2.45, 2.75) is 13.8 Å². The fourth-order valence-corrected chi connectivity index (χ4v) is 1.49. The molecule has 0 aliphatic carbocycles. The fraction of sp³-hybridized carbons (Fsp3) is 0.545. The molecule has 0 spiro atoms. The van der Waals surface area contributed by atoms with Gasteiger partial charge in [-0.2, -0.15) is 10.2 Å². The van der Waals surface area contributed by atoms with Crippen molar-refractivity contribution in [3.63, 3.8) is 0 Å². The third-order valence-corrected chi connectivity index (χ3v) is 2.36. The number of aromatic nitrogens is 2. The summed E-state index contributed by atoms with van der Waals surface area (Å²) >= 11 is 0. The van der Waals surface area contributed by atoms with E-state index in [2.05, 4.69) is 10.2 Å². The summed E-state index contributed by atoms with van der Waals surface area (Å²) < 4.78 is 0. The average molecular weight is 239 g/mol. The molecule has 0 atom stereocenters. The molecule has 0 aliphatic rings. The Kier molecular flexibility index (Phi) is 4.99. The Morgan fingerprint density at radius 2 is 1.82 bits per heavy atom. The maximum absolute atomic E-state index is 12.1. The van der Waals surface area contributed by atoms with Crippen LogP contribution in [0.5, 0.6) is 0 Å². The monoisotopic (exact) mass is 239 g/mol. The number of aliphatic hydroxyl groups excluding tert-OH is 2. The van der Waals surface area contributed by atoms with Gasteiger partial charge in [-0.25, -0.2) is 0 Å². The van der Waals surface area contributed by atoms with Crippen LogP contribution in [0.25, 0.3) is 0 Å². The van der Waals surface area contributed by atoms with Gasteiger partial charge in [0.1, 0.15) is 0 Å². The van der Waals surface area contributed by atoms with E-state index in [-0.39, 0.29) is 32.2 Å². The predicted octanol–water partition coefficient (Wildman–Crippen LogP) is -0.480. The number of carbonyl (C=O) groups is 1. The molecular formula is C11H17N3O3. The minimum Gasteiger partial charge on any atom is -0.395 e. The van der Waals surface area contributed by atoms with Gasteiger partial charge in [-0.3, -0.25) is 4.79 Å². The molecular weight excluding hydrogens is 222 g/mol. The molecule has 17 heavy (non-hydrogen) atoms. The molecule has 1 aromatic rings. The zero-order chi connectivity index (χ0) is 12.8. The number of rotatable bonds is 5. The van der Waals surface area contributed by atoms with E-state index in [0.717, 1.165) is 0 Å². The van der Waals surface area contributed by atoms with Gasteiger partial charge in [-0.05, 0) is 19.9 Å². The maximum atomic E-state index is 12.1. The highest BCUT2D eigenvalue weighted by Gasteiger charge is 2.18. The maximum Gasteiger partial charge on any atom is 0.255 e. The molecule has 0 radical (unpaired) electrons. The van der Waals surface area contributed by atoms with Gasteiger partial charge in [0, 0.05) is 13.1 Å². The lowest BCUT2D eigenvalue weighted by Gasteiger charge is -2.21. The van der Waals surface area contributed by atoms with Crippen LogP contribution in [0.15, 0.2) is 6.07 Å².